The number of carbonyl (C=O) groups is 1. The number of hydrogen-bond acceptors (Lipinski definition) is 2. The van der Waals surface area contributed by atoms with Crippen molar-refractivity contribution in [2.24, 2.45) is 0 Å². The molecular formula is C15H20ClNO2. The van der Waals surface area contributed by atoms with Gasteiger partial charge in [0.1, 0.15) is 0 Å². The number of hydrogen-bond donors (Lipinski definition) is 1. The molecule has 1 N–H and O–H groups in total. The Kier molecular flexibility index (Phi) is 5.23. The topological polar surface area (TPSA) is 40.5 Å². The van der Waals surface area contributed by atoms with E-state index in [1.807, 2.05) is 17.0 Å². The first-order chi connectivity index (χ1) is 9.20. The van der Waals surface area contributed by atoms with Gasteiger partial charge in [-0.25, -0.2) is 0 Å². The summed E-state index contributed by atoms with van der Waals surface area (Å²) >= 11 is 5.84. The van der Waals surface area contributed by atoms with Gasteiger partial charge >= 0.3 is 0 Å². The molecule has 0 spiro atoms. The quantitative estimate of drug-likeness (QED) is 0.901. The predicted molar refractivity (Wildman–Crippen MR) is 76.2 cm³/mol. The van der Waals surface area contributed by atoms with Gasteiger partial charge in [0.2, 0.25) is 5.91 Å². The van der Waals surface area contributed by atoms with Crippen LogP contribution in [0.25, 0.3) is 0 Å². The smallest absolute Gasteiger partial charge is 0.227 e. The molecule has 0 unspecified atom stereocenters. The van der Waals surface area contributed by atoms with Crippen LogP contribution in [0.15, 0.2) is 24.3 Å². The van der Waals surface area contributed by atoms with Crippen LogP contribution in [0.2, 0.25) is 5.02 Å². The summed E-state index contributed by atoms with van der Waals surface area (Å²) < 4.78 is 0. The van der Waals surface area contributed by atoms with Crippen LogP contribution < -0.4 is 0 Å². The summed E-state index contributed by atoms with van der Waals surface area (Å²) in [7, 11) is 0. The largest absolute Gasteiger partial charge is 0.395 e. The Morgan fingerprint density at radius 2 is 1.89 bits per heavy atom. The van der Waals surface area contributed by atoms with Crippen LogP contribution in [0.1, 0.15) is 31.2 Å². The molecule has 0 aliphatic heterocycles. The first-order valence-electron chi connectivity index (χ1n) is 6.85. The van der Waals surface area contributed by atoms with Gasteiger partial charge in [-0.15, -0.1) is 0 Å². The minimum Gasteiger partial charge on any atom is -0.395 e. The minimum absolute atomic E-state index is 0.0306. The van der Waals surface area contributed by atoms with Crippen molar-refractivity contribution in [1.82, 2.24) is 4.90 Å². The zero-order valence-corrected chi connectivity index (χ0v) is 11.8. The molecule has 0 radical (unpaired) electrons. The lowest BCUT2D eigenvalue weighted by atomic mass is 10.1. The molecule has 1 amide bonds. The predicted octanol–water partition coefficient (Wildman–Crippen LogP) is 2.65. The van der Waals surface area contributed by atoms with Crippen LogP contribution >= 0.6 is 11.6 Å². The number of amides is 1. The van der Waals surface area contributed by atoms with Crippen molar-refractivity contribution < 1.29 is 9.90 Å². The monoisotopic (exact) mass is 281 g/mol. The number of aliphatic hydroxyl groups excluding tert-OH is 1. The highest BCUT2D eigenvalue weighted by Crippen LogP contribution is 2.24. The molecule has 1 aliphatic carbocycles. The maximum Gasteiger partial charge on any atom is 0.227 e. The zero-order valence-electron chi connectivity index (χ0n) is 11.0. The third-order valence-corrected chi connectivity index (χ3v) is 3.95. The van der Waals surface area contributed by atoms with Gasteiger partial charge in [0, 0.05) is 17.6 Å². The number of nitrogens with zero attached hydrogens (tertiary/aromatic N) is 1. The van der Waals surface area contributed by atoms with Gasteiger partial charge < -0.3 is 10.0 Å². The fraction of sp³-hybridized carbons (Fsp3) is 0.533. The van der Waals surface area contributed by atoms with E-state index in [2.05, 4.69) is 0 Å². The van der Waals surface area contributed by atoms with E-state index in [4.69, 9.17) is 16.7 Å². The number of aliphatic hydroxyl groups is 1. The summed E-state index contributed by atoms with van der Waals surface area (Å²) in [5, 5.41) is 9.82. The molecule has 0 saturated heterocycles. The first-order valence-corrected chi connectivity index (χ1v) is 7.23. The average Bonchev–Trinajstić information content (AvgIpc) is 2.92. The Balaban J connectivity index is 2.00. The van der Waals surface area contributed by atoms with E-state index in [9.17, 15) is 4.79 Å². The summed E-state index contributed by atoms with van der Waals surface area (Å²) in [6, 6.07) is 7.68. The lowest BCUT2D eigenvalue weighted by molar-refractivity contribution is -0.133. The number of benzene rings is 1. The molecule has 2 rings (SSSR count). The zero-order chi connectivity index (χ0) is 13.7. The Bertz CT molecular complexity index is 413. The standard InChI is InChI=1S/C15H20ClNO2/c16-13-7-5-12(6-8-13)11-15(19)17(9-10-18)14-3-1-2-4-14/h5-8,14,18H,1-4,9-11H2. The van der Waals surface area contributed by atoms with Crippen molar-refractivity contribution in [3.05, 3.63) is 34.9 Å². The molecule has 0 aromatic heterocycles. The molecule has 4 heteroatoms. The molecule has 1 aromatic rings. The molecule has 0 bridgehead atoms. The summed E-state index contributed by atoms with van der Waals surface area (Å²) in [4.78, 5) is 14.2. The molecule has 1 fully saturated rings. The second kappa shape index (κ2) is 6.92. The van der Waals surface area contributed by atoms with E-state index in [1.165, 1.54) is 12.8 Å². The van der Waals surface area contributed by atoms with Crippen LogP contribution in [-0.4, -0.2) is 35.1 Å². The van der Waals surface area contributed by atoms with Crippen molar-refractivity contribution in [3.63, 3.8) is 0 Å². The number of halogens is 1. The highest BCUT2D eigenvalue weighted by molar-refractivity contribution is 6.30. The van der Waals surface area contributed by atoms with Crippen molar-refractivity contribution >= 4 is 17.5 Å². The van der Waals surface area contributed by atoms with Gasteiger partial charge in [0.05, 0.1) is 13.0 Å². The molecule has 3 nitrogen and oxygen atoms in total. The van der Waals surface area contributed by atoms with E-state index in [-0.39, 0.29) is 12.5 Å². The highest BCUT2D eigenvalue weighted by Gasteiger charge is 2.25. The maximum atomic E-state index is 12.4. The van der Waals surface area contributed by atoms with Gasteiger partial charge in [-0.05, 0) is 30.5 Å². The third-order valence-electron chi connectivity index (χ3n) is 3.70. The minimum atomic E-state index is 0.0306. The third kappa shape index (κ3) is 3.95. The molecule has 0 atom stereocenters. The lowest BCUT2D eigenvalue weighted by Crippen LogP contribution is -2.41. The molecule has 19 heavy (non-hydrogen) atoms. The second-order valence-corrected chi connectivity index (χ2v) is 5.49. The number of carbonyl (C=O) groups excluding carboxylic acids is 1. The molecule has 1 aliphatic rings. The second-order valence-electron chi connectivity index (χ2n) is 5.05. The normalized spacial score (nSPS) is 15.7. The summed E-state index contributed by atoms with van der Waals surface area (Å²) in [5.41, 5.74) is 0.968. The van der Waals surface area contributed by atoms with Crippen LogP contribution in [0.3, 0.4) is 0 Å². The first kappa shape index (κ1) is 14.4. The molecule has 0 heterocycles. The van der Waals surface area contributed by atoms with Crippen molar-refractivity contribution in [2.75, 3.05) is 13.2 Å². The SMILES string of the molecule is O=C(Cc1ccc(Cl)cc1)N(CCO)C1CCCC1. The summed E-state index contributed by atoms with van der Waals surface area (Å²) in [5.74, 6) is 0.100. The molecule has 1 saturated carbocycles. The van der Waals surface area contributed by atoms with E-state index < -0.39 is 0 Å². The van der Waals surface area contributed by atoms with E-state index >= 15 is 0 Å². The molecular weight excluding hydrogens is 262 g/mol. The highest BCUT2D eigenvalue weighted by atomic mass is 35.5. The Labute approximate surface area is 119 Å². The fourth-order valence-corrected chi connectivity index (χ4v) is 2.84. The van der Waals surface area contributed by atoms with Crippen molar-refractivity contribution in [3.8, 4) is 0 Å². The van der Waals surface area contributed by atoms with Crippen LogP contribution in [0.4, 0.5) is 0 Å². The van der Waals surface area contributed by atoms with Crippen LogP contribution in [0.5, 0.6) is 0 Å². The van der Waals surface area contributed by atoms with Gasteiger partial charge in [0.25, 0.3) is 0 Å². The van der Waals surface area contributed by atoms with Crippen LogP contribution in [0, 0.1) is 0 Å². The summed E-state index contributed by atoms with van der Waals surface area (Å²) in [6.07, 6.45) is 4.87. The Morgan fingerprint density at radius 1 is 1.26 bits per heavy atom. The number of rotatable bonds is 5. The van der Waals surface area contributed by atoms with Gasteiger partial charge in [-0.1, -0.05) is 36.6 Å². The molecule has 104 valence electrons. The van der Waals surface area contributed by atoms with E-state index in [0.717, 1.165) is 18.4 Å². The van der Waals surface area contributed by atoms with Crippen LogP contribution in [-0.2, 0) is 11.2 Å². The van der Waals surface area contributed by atoms with Gasteiger partial charge in [0.15, 0.2) is 0 Å². The maximum absolute atomic E-state index is 12.4. The summed E-state index contributed by atoms with van der Waals surface area (Å²) in [6.45, 7) is 0.472. The van der Waals surface area contributed by atoms with Gasteiger partial charge in [-0.3, -0.25) is 4.79 Å². The van der Waals surface area contributed by atoms with E-state index in [0.29, 0.717) is 24.0 Å². The Hall–Kier alpha value is -1.06. The average molecular weight is 282 g/mol. The van der Waals surface area contributed by atoms with Gasteiger partial charge in [-0.2, -0.15) is 0 Å². The fourth-order valence-electron chi connectivity index (χ4n) is 2.71. The van der Waals surface area contributed by atoms with Crippen molar-refractivity contribution in [1.29, 1.82) is 0 Å². The lowest BCUT2D eigenvalue weighted by Gasteiger charge is -2.28. The Morgan fingerprint density at radius 3 is 2.47 bits per heavy atom. The van der Waals surface area contributed by atoms with Crippen molar-refractivity contribution in [2.45, 2.75) is 38.1 Å². The molecule has 1 aromatic carbocycles. The van der Waals surface area contributed by atoms with E-state index in [1.54, 1.807) is 12.1 Å².